The lowest BCUT2D eigenvalue weighted by Crippen LogP contribution is -2.51. The third-order valence-corrected chi connectivity index (χ3v) is 8.26. The van der Waals surface area contributed by atoms with Crippen molar-refractivity contribution in [1.29, 1.82) is 0 Å². The summed E-state index contributed by atoms with van der Waals surface area (Å²) in [6.07, 6.45) is -0.459. The van der Waals surface area contributed by atoms with E-state index in [1.807, 2.05) is 0 Å². The number of imide groups is 1. The Bertz CT molecular complexity index is 1270. The van der Waals surface area contributed by atoms with E-state index in [-0.39, 0.29) is 61.0 Å². The van der Waals surface area contributed by atoms with Crippen molar-refractivity contribution in [3.8, 4) is 5.75 Å². The van der Waals surface area contributed by atoms with Crippen molar-refractivity contribution < 1.29 is 37.4 Å². The summed E-state index contributed by atoms with van der Waals surface area (Å²) in [5.74, 6) is -2.63. The molecule has 11 nitrogen and oxygen atoms in total. The van der Waals surface area contributed by atoms with Gasteiger partial charge in [0.2, 0.25) is 15.9 Å². The van der Waals surface area contributed by atoms with Gasteiger partial charge in [-0.1, -0.05) is 12.1 Å². The third kappa shape index (κ3) is 4.69. The number of rotatable bonds is 8. The van der Waals surface area contributed by atoms with Gasteiger partial charge in [-0.2, -0.15) is 4.31 Å². The Hall–Kier alpha value is -3.77. The van der Waals surface area contributed by atoms with E-state index in [1.54, 1.807) is 24.3 Å². The molecule has 190 valence electrons. The Morgan fingerprint density at radius 3 is 2.00 bits per heavy atom. The SMILES string of the molecule is COc1ccc(S(=O)(=O)N2CCN(C(=O)CC[C@@H](C(=O)O)N3C(=O)c4ccccc4C3=O)CC2)cc1. The van der Waals surface area contributed by atoms with Crippen LogP contribution in [-0.4, -0.2) is 90.7 Å². The minimum absolute atomic E-state index is 0.0842. The van der Waals surface area contributed by atoms with Gasteiger partial charge in [0.25, 0.3) is 11.8 Å². The monoisotopic (exact) mass is 515 g/mol. The van der Waals surface area contributed by atoms with Crippen LogP contribution in [0.15, 0.2) is 53.4 Å². The fraction of sp³-hybridized carbons (Fsp3) is 0.333. The first-order valence-corrected chi connectivity index (χ1v) is 12.7. The van der Waals surface area contributed by atoms with Crippen LogP contribution in [0, 0.1) is 0 Å². The molecule has 2 aliphatic heterocycles. The van der Waals surface area contributed by atoms with E-state index in [4.69, 9.17) is 4.74 Å². The largest absolute Gasteiger partial charge is 0.497 e. The van der Waals surface area contributed by atoms with Gasteiger partial charge in [0.15, 0.2) is 0 Å². The van der Waals surface area contributed by atoms with Gasteiger partial charge in [0.05, 0.1) is 23.1 Å². The van der Waals surface area contributed by atoms with Crippen LogP contribution in [0.1, 0.15) is 33.6 Å². The first kappa shape index (κ1) is 25.3. The Morgan fingerprint density at radius 2 is 1.50 bits per heavy atom. The molecule has 2 aromatic carbocycles. The standard InChI is InChI=1S/C24H25N3O8S/c1-35-16-6-8-17(9-7-16)36(33,34)26-14-12-25(13-15-26)21(28)11-10-20(24(31)32)27-22(29)18-4-2-3-5-19(18)23(27)30/h2-9,20H,10-15H2,1H3,(H,31,32)/t20-/m0/s1. The zero-order valence-electron chi connectivity index (χ0n) is 19.5. The van der Waals surface area contributed by atoms with E-state index in [9.17, 15) is 32.7 Å². The van der Waals surface area contributed by atoms with Gasteiger partial charge in [-0.15, -0.1) is 0 Å². The van der Waals surface area contributed by atoms with Crippen molar-refractivity contribution in [1.82, 2.24) is 14.1 Å². The first-order valence-electron chi connectivity index (χ1n) is 11.3. The molecule has 0 unspecified atom stereocenters. The topological polar surface area (TPSA) is 142 Å². The molecule has 0 bridgehead atoms. The average molecular weight is 516 g/mol. The molecule has 3 amide bonds. The highest BCUT2D eigenvalue weighted by atomic mass is 32.2. The Labute approximate surface area is 207 Å². The number of hydrogen-bond donors (Lipinski definition) is 1. The van der Waals surface area contributed by atoms with Crippen molar-refractivity contribution in [3.63, 3.8) is 0 Å². The summed E-state index contributed by atoms with van der Waals surface area (Å²) < 4.78 is 32.1. The van der Waals surface area contributed by atoms with Crippen molar-refractivity contribution in [2.24, 2.45) is 0 Å². The number of carboxylic acids is 1. The fourth-order valence-electron chi connectivity index (χ4n) is 4.35. The fourth-order valence-corrected chi connectivity index (χ4v) is 5.77. The number of ether oxygens (including phenoxy) is 1. The maximum absolute atomic E-state index is 12.9. The number of benzene rings is 2. The molecule has 1 atom stereocenters. The zero-order valence-corrected chi connectivity index (χ0v) is 20.3. The Balaban J connectivity index is 1.36. The molecule has 0 aliphatic carbocycles. The molecule has 1 saturated heterocycles. The third-order valence-electron chi connectivity index (χ3n) is 6.34. The number of carbonyl (C=O) groups is 4. The molecule has 2 heterocycles. The lowest BCUT2D eigenvalue weighted by Gasteiger charge is -2.34. The molecule has 12 heteroatoms. The number of sulfonamides is 1. The molecule has 0 radical (unpaired) electrons. The Morgan fingerprint density at radius 1 is 0.944 bits per heavy atom. The van der Waals surface area contributed by atoms with Crippen LogP contribution >= 0.6 is 0 Å². The molecule has 0 aromatic heterocycles. The minimum Gasteiger partial charge on any atom is -0.497 e. The van der Waals surface area contributed by atoms with E-state index in [0.29, 0.717) is 10.6 Å². The summed E-state index contributed by atoms with van der Waals surface area (Å²) in [4.78, 5) is 52.3. The molecular formula is C24H25N3O8S. The highest BCUT2D eigenvalue weighted by Crippen LogP contribution is 2.27. The van der Waals surface area contributed by atoms with Crippen LogP contribution in [-0.2, 0) is 19.6 Å². The second-order valence-corrected chi connectivity index (χ2v) is 10.3. The summed E-state index contributed by atoms with van der Waals surface area (Å²) >= 11 is 0. The van der Waals surface area contributed by atoms with Gasteiger partial charge < -0.3 is 14.7 Å². The number of amides is 3. The summed E-state index contributed by atoms with van der Waals surface area (Å²) in [6, 6.07) is 10.6. The molecule has 2 aromatic rings. The molecular weight excluding hydrogens is 490 g/mol. The number of fused-ring (bicyclic) bond motifs is 1. The molecule has 36 heavy (non-hydrogen) atoms. The van der Waals surface area contributed by atoms with E-state index in [2.05, 4.69) is 0 Å². The number of aliphatic carboxylic acids is 1. The molecule has 4 rings (SSSR count). The second kappa shape index (κ2) is 10.1. The van der Waals surface area contributed by atoms with Gasteiger partial charge in [-0.05, 0) is 42.8 Å². The van der Waals surface area contributed by atoms with Gasteiger partial charge in [-0.3, -0.25) is 19.3 Å². The van der Waals surface area contributed by atoms with Crippen LogP contribution in [0.5, 0.6) is 5.75 Å². The van der Waals surface area contributed by atoms with E-state index >= 15 is 0 Å². The zero-order chi connectivity index (χ0) is 26.0. The molecule has 0 saturated carbocycles. The second-order valence-electron chi connectivity index (χ2n) is 8.38. The van der Waals surface area contributed by atoms with E-state index < -0.39 is 33.8 Å². The van der Waals surface area contributed by atoms with Crippen molar-refractivity contribution in [3.05, 3.63) is 59.7 Å². The summed E-state index contributed by atoms with van der Waals surface area (Å²) in [7, 11) is -2.26. The van der Waals surface area contributed by atoms with Gasteiger partial charge >= 0.3 is 5.97 Å². The van der Waals surface area contributed by atoms with Gasteiger partial charge in [-0.25, -0.2) is 13.2 Å². The normalized spacial score (nSPS) is 17.1. The van der Waals surface area contributed by atoms with Crippen LogP contribution in [0.2, 0.25) is 0 Å². The molecule has 1 fully saturated rings. The summed E-state index contributed by atoms with van der Waals surface area (Å²) in [5, 5.41) is 9.68. The highest BCUT2D eigenvalue weighted by molar-refractivity contribution is 7.89. The van der Waals surface area contributed by atoms with Gasteiger partial charge in [0, 0.05) is 32.6 Å². The highest BCUT2D eigenvalue weighted by Gasteiger charge is 2.43. The quantitative estimate of drug-likeness (QED) is 0.515. The number of hydrogen-bond acceptors (Lipinski definition) is 7. The average Bonchev–Trinajstić information content (AvgIpc) is 3.14. The number of carbonyl (C=O) groups excluding carboxylic acids is 3. The predicted octanol–water partition coefficient (Wildman–Crippen LogP) is 1.06. The number of carboxylic acid groups (broad SMARTS) is 1. The lowest BCUT2D eigenvalue weighted by molar-refractivity contribution is -0.142. The van der Waals surface area contributed by atoms with Crippen molar-refractivity contribution in [2.45, 2.75) is 23.8 Å². The van der Waals surface area contributed by atoms with E-state index in [1.165, 1.54) is 40.6 Å². The summed E-state index contributed by atoms with van der Waals surface area (Å²) in [5.41, 5.74) is 0.267. The predicted molar refractivity (Wildman–Crippen MR) is 126 cm³/mol. The van der Waals surface area contributed by atoms with Crippen molar-refractivity contribution >= 4 is 33.7 Å². The molecule has 2 aliphatic rings. The van der Waals surface area contributed by atoms with Crippen LogP contribution < -0.4 is 4.74 Å². The smallest absolute Gasteiger partial charge is 0.326 e. The number of nitrogens with zero attached hydrogens (tertiary/aromatic N) is 3. The van der Waals surface area contributed by atoms with Crippen molar-refractivity contribution in [2.75, 3.05) is 33.3 Å². The number of piperazine rings is 1. The van der Waals surface area contributed by atoms with E-state index in [0.717, 1.165) is 0 Å². The van der Waals surface area contributed by atoms with Crippen LogP contribution in [0.4, 0.5) is 0 Å². The summed E-state index contributed by atoms with van der Waals surface area (Å²) in [6.45, 7) is 0.444. The first-order chi connectivity index (χ1) is 17.1. The minimum atomic E-state index is -3.74. The maximum atomic E-state index is 12.9. The lowest BCUT2D eigenvalue weighted by atomic mass is 10.1. The molecule has 0 spiro atoms. The van der Waals surface area contributed by atoms with Gasteiger partial charge in [0.1, 0.15) is 11.8 Å². The van der Waals surface area contributed by atoms with Crippen LogP contribution in [0.3, 0.4) is 0 Å². The molecule has 1 N–H and O–H groups in total. The maximum Gasteiger partial charge on any atom is 0.326 e. The van der Waals surface area contributed by atoms with Crippen LogP contribution in [0.25, 0.3) is 0 Å². The Kier molecular flexibility index (Phi) is 7.09. The number of methoxy groups -OCH3 is 1.